The molecule has 0 bridgehead atoms. The third-order valence-corrected chi connectivity index (χ3v) is 0. The van der Waals surface area contributed by atoms with Crippen molar-refractivity contribution in [2.24, 2.45) is 0 Å². The standard InChI is InChI=1S/3CH3.Al.HI/h3*1H3;;1H. The Balaban J connectivity index is 0. The average molecular weight is 200 g/mol. The molecule has 0 heterocycles. The van der Waals surface area contributed by atoms with E-state index < -0.39 is 0 Å². The summed E-state index contributed by atoms with van der Waals surface area (Å²) in [4.78, 5) is 0. The molecular formula is C3H10AlI. The number of hydrogen-bond acceptors (Lipinski definition) is 0. The van der Waals surface area contributed by atoms with Gasteiger partial charge in [-0.2, -0.15) is 0 Å². The summed E-state index contributed by atoms with van der Waals surface area (Å²) in [5, 5.41) is 0. The van der Waals surface area contributed by atoms with E-state index in [4.69, 9.17) is 0 Å². The fourth-order valence-electron chi connectivity index (χ4n) is 0. The lowest BCUT2D eigenvalue weighted by Gasteiger charge is -1.67. The second-order valence-corrected chi connectivity index (χ2v) is 5.20. The van der Waals surface area contributed by atoms with Gasteiger partial charge in [-0.05, 0) is 0 Å². The average Bonchev–Trinajstić information content (AvgIpc) is 0.811. The van der Waals surface area contributed by atoms with E-state index >= 15 is 0 Å². The molecule has 0 fully saturated rings. The highest BCUT2D eigenvalue weighted by Crippen LogP contribution is 1.68. The van der Waals surface area contributed by atoms with E-state index in [0.717, 1.165) is 0 Å². The zero-order valence-corrected chi connectivity index (χ0v) is 7.47. The van der Waals surface area contributed by atoms with Crippen molar-refractivity contribution < 1.29 is 0 Å². The molecule has 0 aromatic rings. The van der Waals surface area contributed by atoms with Crippen molar-refractivity contribution in [3.63, 3.8) is 0 Å². The molecule has 0 aromatic heterocycles. The van der Waals surface area contributed by atoms with Gasteiger partial charge in [-0.25, -0.2) is 0 Å². The summed E-state index contributed by atoms with van der Waals surface area (Å²) in [7, 11) is 0. The van der Waals surface area contributed by atoms with Gasteiger partial charge in [-0.15, -0.1) is 41.3 Å². The van der Waals surface area contributed by atoms with Crippen molar-refractivity contribution in [1.82, 2.24) is 0 Å². The Hall–Kier alpha value is 1.26. The number of hydrogen-bond donors (Lipinski definition) is 0. The maximum Gasteiger partial charge on any atom is 0.251 e. The molecule has 32 valence electrons. The van der Waals surface area contributed by atoms with E-state index in [1.54, 1.807) is 0 Å². The van der Waals surface area contributed by atoms with Crippen LogP contribution >= 0.6 is 24.0 Å². The van der Waals surface area contributed by atoms with Crippen molar-refractivity contribution in [2.75, 3.05) is 0 Å². The summed E-state index contributed by atoms with van der Waals surface area (Å²) in [5.41, 5.74) is 0. The van der Waals surface area contributed by atoms with Gasteiger partial charge in [0.15, 0.2) is 0 Å². The van der Waals surface area contributed by atoms with Crippen LogP contribution in [0.2, 0.25) is 17.4 Å². The third kappa shape index (κ3) is 35.1. The molecule has 0 aromatic carbocycles. The Morgan fingerprint density at radius 1 is 1.00 bits per heavy atom. The van der Waals surface area contributed by atoms with Crippen LogP contribution < -0.4 is 0 Å². The van der Waals surface area contributed by atoms with Crippen LogP contribution in [0, 0.1) is 0 Å². The van der Waals surface area contributed by atoms with E-state index in [1.165, 1.54) is 0 Å². The van der Waals surface area contributed by atoms with Crippen molar-refractivity contribution >= 4 is 38.1 Å². The summed E-state index contributed by atoms with van der Waals surface area (Å²) in [6.07, 6.45) is 0. The van der Waals surface area contributed by atoms with E-state index in [-0.39, 0.29) is 38.1 Å². The summed E-state index contributed by atoms with van der Waals surface area (Å²) in [5.74, 6) is 6.92. The van der Waals surface area contributed by atoms with Crippen LogP contribution in [0.4, 0.5) is 0 Å². The normalized spacial score (nSPS) is 5.40. The van der Waals surface area contributed by atoms with Gasteiger partial charge < -0.3 is 0 Å². The highest BCUT2D eigenvalue weighted by molar-refractivity contribution is 14.0. The van der Waals surface area contributed by atoms with E-state index in [0.29, 0.717) is 0 Å². The zero-order chi connectivity index (χ0) is 3.58. The SMILES string of the molecule is I.[CH3][Al]([CH3])[CH3]. The van der Waals surface area contributed by atoms with Crippen molar-refractivity contribution in [3.05, 3.63) is 0 Å². The lowest BCUT2D eigenvalue weighted by molar-refractivity contribution is 1.91. The molecule has 0 amide bonds. The first-order valence-electron chi connectivity index (χ1n) is 1.73. The Morgan fingerprint density at radius 2 is 1.00 bits per heavy atom. The quantitative estimate of drug-likeness (QED) is 0.414. The van der Waals surface area contributed by atoms with E-state index in [9.17, 15) is 0 Å². The van der Waals surface area contributed by atoms with Crippen LogP contribution in [0.5, 0.6) is 0 Å². The van der Waals surface area contributed by atoms with Gasteiger partial charge in [-0.3, -0.25) is 0 Å². The van der Waals surface area contributed by atoms with Gasteiger partial charge in [0.1, 0.15) is 0 Å². The van der Waals surface area contributed by atoms with Crippen LogP contribution in [-0.4, -0.2) is 14.1 Å². The lowest BCUT2D eigenvalue weighted by Crippen LogP contribution is -1.84. The molecule has 0 aliphatic rings. The zero-order valence-electron chi connectivity index (χ0n) is 3.99. The second kappa shape index (κ2) is 5.26. The minimum Gasteiger partial charge on any atom is -0.107 e. The monoisotopic (exact) mass is 200 g/mol. The molecular weight excluding hydrogens is 190 g/mol. The molecule has 2 heteroatoms. The molecule has 0 N–H and O–H groups in total. The van der Waals surface area contributed by atoms with Gasteiger partial charge in [0, 0.05) is 0 Å². The maximum atomic E-state index is 2.31. The van der Waals surface area contributed by atoms with Gasteiger partial charge in [-0.1, -0.05) is 0 Å². The van der Waals surface area contributed by atoms with Crippen LogP contribution in [0.15, 0.2) is 0 Å². The lowest BCUT2D eigenvalue weighted by atomic mass is 11.8. The van der Waals surface area contributed by atoms with E-state index in [2.05, 4.69) is 17.4 Å². The van der Waals surface area contributed by atoms with Crippen LogP contribution in [0.3, 0.4) is 0 Å². The van der Waals surface area contributed by atoms with Crippen LogP contribution in [0.25, 0.3) is 0 Å². The molecule has 0 nitrogen and oxygen atoms in total. The number of halogens is 1. The number of rotatable bonds is 0. The second-order valence-electron chi connectivity index (χ2n) is 1.73. The van der Waals surface area contributed by atoms with Crippen molar-refractivity contribution in [1.29, 1.82) is 0 Å². The predicted octanol–water partition coefficient (Wildman–Crippen LogP) is 1.99. The van der Waals surface area contributed by atoms with Gasteiger partial charge >= 0.3 is 0 Å². The summed E-state index contributed by atoms with van der Waals surface area (Å²) >= 11 is -0.139. The summed E-state index contributed by atoms with van der Waals surface area (Å²) in [6, 6.07) is 0. The third-order valence-electron chi connectivity index (χ3n) is 0. The smallest absolute Gasteiger partial charge is 0.107 e. The van der Waals surface area contributed by atoms with Crippen LogP contribution in [-0.2, 0) is 0 Å². The molecule has 0 aliphatic carbocycles. The Labute approximate surface area is 55.4 Å². The molecule has 5 heavy (non-hydrogen) atoms. The van der Waals surface area contributed by atoms with Crippen molar-refractivity contribution in [2.45, 2.75) is 17.4 Å². The molecule has 0 aliphatic heterocycles. The fourth-order valence-corrected chi connectivity index (χ4v) is 0. The maximum absolute atomic E-state index is 2.31. The molecule has 0 saturated carbocycles. The van der Waals surface area contributed by atoms with Crippen molar-refractivity contribution in [3.8, 4) is 0 Å². The minimum absolute atomic E-state index is 0. The Kier molecular flexibility index (Phi) is 10.0. The Bertz CT molecular complexity index is 11.6. The minimum atomic E-state index is -0.139. The first-order chi connectivity index (χ1) is 1.73. The topological polar surface area (TPSA) is 0 Å². The summed E-state index contributed by atoms with van der Waals surface area (Å²) < 4.78 is 0. The molecule has 0 spiro atoms. The highest BCUT2D eigenvalue weighted by atomic mass is 127. The largest absolute Gasteiger partial charge is 0.251 e. The molecule has 0 saturated heterocycles. The predicted molar refractivity (Wildman–Crippen MR) is 38.8 cm³/mol. The fraction of sp³-hybridized carbons (Fsp3) is 1.00. The van der Waals surface area contributed by atoms with Gasteiger partial charge in [0.05, 0.1) is 0 Å². The van der Waals surface area contributed by atoms with Gasteiger partial charge in [0.2, 0.25) is 0 Å². The Morgan fingerprint density at radius 3 is 1.00 bits per heavy atom. The van der Waals surface area contributed by atoms with Crippen LogP contribution in [0.1, 0.15) is 0 Å². The first-order valence-corrected chi connectivity index (χ1v) is 5.20. The first kappa shape index (κ1) is 9.55. The van der Waals surface area contributed by atoms with Gasteiger partial charge in [0.25, 0.3) is 14.1 Å². The molecule has 0 atom stereocenters. The van der Waals surface area contributed by atoms with E-state index in [1.807, 2.05) is 0 Å². The molecule has 0 unspecified atom stereocenters. The summed E-state index contributed by atoms with van der Waals surface area (Å²) in [6.45, 7) is 0. The molecule has 0 radical (unpaired) electrons. The highest BCUT2D eigenvalue weighted by Gasteiger charge is 1.81. The molecule has 0 rings (SSSR count).